The Morgan fingerprint density at radius 1 is 0.875 bits per heavy atom. The third kappa shape index (κ3) is 11.8. The van der Waals surface area contributed by atoms with Gasteiger partial charge >= 0.3 is 17.6 Å². The summed E-state index contributed by atoms with van der Waals surface area (Å²) in [6.07, 6.45) is -1.28. The highest BCUT2D eigenvalue weighted by Gasteiger charge is 2.50. The number of carboxylic acids is 2. The summed E-state index contributed by atoms with van der Waals surface area (Å²) in [6, 6.07) is 24.3. The number of H-pyrrole nitrogens is 1. The summed E-state index contributed by atoms with van der Waals surface area (Å²) in [7, 11) is 3.78. The Labute approximate surface area is 382 Å². The van der Waals surface area contributed by atoms with Crippen molar-refractivity contribution in [2.75, 3.05) is 45.7 Å². The van der Waals surface area contributed by atoms with E-state index in [0.29, 0.717) is 11.5 Å². The van der Waals surface area contributed by atoms with Crippen LogP contribution in [0.3, 0.4) is 0 Å². The topological polar surface area (TPSA) is 197 Å². The molecule has 1 aromatic heterocycles. The number of methoxy groups -OCH3 is 2. The molecule has 4 atom stereocenters. The van der Waals surface area contributed by atoms with Gasteiger partial charge in [-0.15, -0.1) is 0 Å². The Bertz CT molecular complexity index is 2170. The second-order valence-corrected chi connectivity index (χ2v) is 19.7. The summed E-state index contributed by atoms with van der Waals surface area (Å²) in [5, 5.41) is 20.8. The Morgan fingerprint density at radius 2 is 1.44 bits per heavy atom. The molecule has 0 bridgehead atoms. The van der Waals surface area contributed by atoms with Gasteiger partial charge < -0.3 is 42.9 Å². The predicted molar refractivity (Wildman–Crippen MR) is 247 cm³/mol. The molecule has 348 valence electrons. The normalized spacial score (nSPS) is 17.3. The summed E-state index contributed by atoms with van der Waals surface area (Å²) in [5.74, 6) is -1.11. The van der Waals surface area contributed by atoms with Crippen molar-refractivity contribution in [1.29, 1.82) is 0 Å². The van der Waals surface area contributed by atoms with Gasteiger partial charge in [0.2, 0.25) is 5.41 Å². The van der Waals surface area contributed by atoms with Gasteiger partial charge in [0.1, 0.15) is 35.4 Å². The lowest BCUT2D eigenvalue weighted by atomic mass is 9.80. The van der Waals surface area contributed by atoms with Crippen molar-refractivity contribution in [2.24, 2.45) is 5.41 Å². The molecule has 3 aromatic carbocycles. The molecule has 4 aromatic rings. The maximum absolute atomic E-state index is 13.3. The molecule has 0 spiro atoms. The molecule has 1 unspecified atom stereocenters. The molecule has 1 aliphatic rings. The molecule has 1 saturated heterocycles. The lowest BCUT2D eigenvalue weighted by Crippen LogP contribution is -2.48. The van der Waals surface area contributed by atoms with Crippen molar-refractivity contribution in [3.63, 3.8) is 0 Å². The summed E-state index contributed by atoms with van der Waals surface area (Å²) < 4.78 is 47.1. The first kappa shape index (κ1) is 50.8. The number of nitrogens with one attached hydrogen (secondary N) is 1. The third-order valence-corrected chi connectivity index (χ3v) is 14.9. The largest absolute Gasteiger partial charge is 0.497 e. The van der Waals surface area contributed by atoms with Crippen molar-refractivity contribution in [3.05, 3.63) is 128 Å². The highest BCUT2D eigenvalue weighted by molar-refractivity contribution is 8.76. The number of carbonyl (C=O) groups is 2. The van der Waals surface area contributed by atoms with E-state index >= 15 is 0 Å². The molecule has 19 heteroatoms. The summed E-state index contributed by atoms with van der Waals surface area (Å²) >= 11 is 0. The van der Waals surface area contributed by atoms with Crippen LogP contribution >= 0.6 is 30.1 Å². The van der Waals surface area contributed by atoms with E-state index in [4.69, 9.17) is 32.7 Å². The number of aromatic amines is 1. The second kappa shape index (κ2) is 23.3. The first-order valence-corrected chi connectivity index (χ1v) is 24.4. The fourth-order valence-electron chi connectivity index (χ4n) is 7.37. The van der Waals surface area contributed by atoms with Crippen molar-refractivity contribution in [1.82, 2.24) is 14.2 Å². The molecule has 0 amide bonds. The van der Waals surface area contributed by atoms with E-state index in [1.165, 1.54) is 32.4 Å². The van der Waals surface area contributed by atoms with Crippen LogP contribution in [0.2, 0.25) is 0 Å². The second-order valence-electron chi connectivity index (χ2n) is 15.6. The van der Waals surface area contributed by atoms with Gasteiger partial charge in [0.05, 0.1) is 40.1 Å². The number of carboxylic acid groups (broad SMARTS) is 2. The first-order chi connectivity index (χ1) is 30.6. The average Bonchev–Trinajstić information content (AvgIpc) is 3.68. The van der Waals surface area contributed by atoms with Gasteiger partial charge in [0.25, 0.3) is 14.1 Å². The minimum absolute atomic E-state index is 0.0630. The van der Waals surface area contributed by atoms with Crippen LogP contribution in [0, 0.1) is 12.3 Å². The zero-order chi connectivity index (χ0) is 46.6. The number of aryl methyl sites for hydroxylation is 1. The summed E-state index contributed by atoms with van der Waals surface area (Å²) in [5.41, 5.74) is -2.38. The minimum Gasteiger partial charge on any atom is -0.497 e. The van der Waals surface area contributed by atoms with Crippen LogP contribution in [-0.4, -0.2) is 106 Å². The molecule has 0 saturated carbocycles. The quantitative estimate of drug-likeness (QED) is 0.0148. The SMILES string of the molecule is CCSSCOCC(COP(O[C@H]1C[C@H](n2cc(C)c(=O)[nH]c2=O)O[C@@H]1COC(c1ccccc1)(c1ccc(OC)cc1)c1ccc(OC)cc1)N(C(C)C)C(C)C)(C(=O)O)C(=O)O. The number of rotatable bonds is 25. The number of aliphatic carboxylic acids is 2. The fraction of sp³-hybridized carbons (Fsp3) is 0.467. The Kier molecular flexibility index (Phi) is 18.5. The zero-order valence-electron chi connectivity index (χ0n) is 37.3. The Balaban J connectivity index is 1.60. The minimum atomic E-state index is -2.47. The van der Waals surface area contributed by atoms with Crippen LogP contribution in [0.15, 0.2) is 94.6 Å². The van der Waals surface area contributed by atoms with Gasteiger partial charge in [-0.3, -0.25) is 23.9 Å². The van der Waals surface area contributed by atoms with E-state index in [9.17, 15) is 29.4 Å². The van der Waals surface area contributed by atoms with Crippen LogP contribution in [0.4, 0.5) is 0 Å². The monoisotopic (exact) mass is 943 g/mol. The van der Waals surface area contributed by atoms with E-state index in [-0.39, 0.29) is 36.6 Å². The van der Waals surface area contributed by atoms with Gasteiger partial charge in [0, 0.05) is 36.0 Å². The van der Waals surface area contributed by atoms with Gasteiger partial charge in [-0.1, -0.05) is 83.1 Å². The van der Waals surface area contributed by atoms with E-state index in [0.717, 1.165) is 22.4 Å². The lowest BCUT2D eigenvalue weighted by molar-refractivity contribution is -0.171. The number of ether oxygens (including phenoxy) is 5. The number of aromatic nitrogens is 2. The van der Waals surface area contributed by atoms with E-state index in [2.05, 4.69) is 4.98 Å². The van der Waals surface area contributed by atoms with Crippen molar-refractivity contribution in [2.45, 2.75) is 84.1 Å². The Morgan fingerprint density at radius 3 is 1.95 bits per heavy atom. The van der Waals surface area contributed by atoms with Crippen molar-refractivity contribution >= 4 is 42.1 Å². The molecule has 16 nitrogen and oxygen atoms in total. The zero-order valence-corrected chi connectivity index (χ0v) is 39.8. The van der Waals surface area contributed by atoms with Crippen LogP contribution < -0.4 is 20.7 Å². The molecular formula is C45H58N3O13PS2. The maximum Gasteiger partial charge on any atom is 0.330 e. The lowest BCUT2D eigenvalue weighted by Gasteiger charge is -2.39. The smallest absolute Gasteiger partial charge is 0.330 e. The molecule has 64 heavy (non-hydrogen) atoms. The van der Waals surface area contributed by atoms with E-state index in [1.807, 2.05) is 118 Å². The van der Waals surface area contributed by atoms with Crippen LogP contribution in [-0.2, 0) is 38.4 Å². The number of benzene rings is 3. The first-order valence-electron chi connectivity index (χ1n) is 20.7. The maximum atomic E-state index is 13.3. The summed E-state index contributed by atoms with van der Waals surface area (Å²) in [4.78, 5) is 53.8. The van der Waals surface area contributed by atoms with E-state index in [1.54, 1.807) is 21.1 Å². The molecule has 0 radical (unpaired) electrons. The van der Waals surface area contributed by atoms with Gasteiger partial charge in [-0.05, 0) is 75.6 Å². The Hall–Kier alpha value is -4.23. The number of nitrogens with zero attached hydrogens (tertiary/aromatic N) is 2. The standard InChI is InChI=1S/C45H58N3O13PS2/c1-9-63-64-28-57-26-44(41(50)51,42(52)53)27-59-62(48(29(2)3)30(4)5)61-37-23-39(47-24-31(6)40(49)46-43(47)54)60-38(37)25-58-45(32-13-11-10-12-14-32,33-15-19-35(55-7)20-16-33)34-17-21-36(56-8)22-18-34/h10-22,24,29-30,37-39H,9,23,25-28H2,1-8H3,(H,50,51)(H,52,53)(H,46,49,54)/t37-,38+,39+,62?/m0/s1. The van der Waals surface area contributed by atoms with Crippen LogP contribution in [0.5, 0.6) is 11.5 Å². The highest BCUT2D eigenvalue weighted by Crippen LogP contribution is 2.51. The molecule has 1 aliphatic heterocycles. The van der Waals surface area contributed by atoms with Crippen LogP contribution in [0.25, 0.3) is 0 Å². The number of hydrogen-bond donors (Lipinski definition) is 3. The third-order valence-electron chi connectivity index (χ3n) is 10.7. The molecule has 2 heterocycles. The van der Waals surface area contributed by atoms with E-state index < -0.39 is 74.4 Å². The number of hydrogen-bond acceptors (Lipinski definition) is 14. The fourth-order valence-corrected chi connectivity index (χ4v) is 10.5. The van der Waals surface area contributed by atoms with Gasteiger partial charge in [-0.2, -0.15) is 0 Å². The molecule has 0 aliphatic carbocycles. The molecule has 5 rings (SSSR count). The van der Waals surface area contributed by atoms with Crippen molar-refractivity contribution < 1.29 is 52.5 Å². The van der Waals surface area contributed by atoms with Crippen LogP contribution in [0.1, 0.15) is 69.5 Å². The molecule has 3 N–H and O–H groups in total. The molecular weight excluding hydrogens is 886 g/mol. The van der Waals surface area contributed by atoms with Crippen molar-refractivity contribution in [3.8, 4) is 11.5 Å². The highest BCUT2D eigenvalue weighted by atomic mass is 33.1. The van der Waals surface area contributed by atoms with Gasteiger partial charge in [-0.25, -0.2) is 9.46 Å². The molecule has 1 fully saturated rings. The predicted octanol–water partition coefficient (Wildman–Crippen LogP) is 7.44. The summed E-state index contributed by atoms with van der Waals surface area (Å²) in [6.45, 7) is 9.65. The van der Waals surface area contributed by atoms with Gasteiger partial charge in [0.15, 0.2) is 0 Å². The average molecular weight is 944 g/mol.